The minimum Gasteiger partial charge on any atom is -0.478 e. The molecule has 1 atom stereocenters. The highest BCUT2D eigenvalue weighted by Crippen LogP contribution is 2.11. The van der Waals surface area contributed by atoms with Gasteiger partial charge in [-0.1, -0.05) is 19.1 Å². The zero-order valence-electron chi connectivity index (χ0n) is 12.8. The maximum atomic E-state index is 11.3. The molecule has 0 amide bonds. The summed E-state index contributed by atoms with van der Waals surface area (Å²) in [5.74, 6) is -1.02. The molecule has 1 aromatic carbocycles. The van der Waals surface area contributed by atoms with Gasteiger partial charge in [0, 0.05) is 6.42 Å². The van der Waals surface area contributed by atoms with Gasteiger partial charge in [0.1, 0.15) is 0 Å². The third-order valence-electron chi connectivity index (χ3n) is 3.31. The smallest absolute Gasteiger partial charge is 0.335 e. The molecule has 0 spiro atoms. The lowest BCUT2D eigenvalue weighted by molar-refractivity contribution is -0.148. The number of carboxylic acid groups (broad SMARTS) is 1. The van der Waals surface area contributed by atoms with Crippen molar-refractivity contribution >= 4 is 11.9 Å². The molecule has 0 heterocycles. The van der Waals surface area contributed by atoms with E-state index in [0.717, 1.165) is 37.7 Å². The number of esters is 1. The second kappa shape index (κ2) is 9.16. The number of aromatic carboxylic acids is 1. The Morgan fingerprint density at radius 3 is 2.43 bits per heavy atom. The van der Waals surface area contributed by atoms with Crippen LogP contribution in [0.2, 0.25) is 0 Å². The maximum absolute atomic E-state index is 11.3. The predicted molar refractivity (Wildman–Crippen MR) is 81.4 cm³/mol. The molecular weight excluding hydrogens is 268 g/mol. The second-order valence-electron chi connectivity index (χ2n) is 5.30. The fourth-order valence-corrected chi connectivity index (χ4v) is 2.12. The van der Waals surface area contributed by atoms with Gasteiger partial charge in [0.2, 0.25) is 0 Å². The molecule has 1 unspecified atom stereocenters. The number of ether oxygens (including phenoxy) is 1. The van der Waals surface area contributed by atoms with E-state index in [0.29, 0.717) is 12.0 Å². The van der Waals surface area contributed by atoms with E-state index in [-0.39, 0.29) is 12.1 Å². The summed E-state index contributed by atoms with van der Waals surface area (Å²) in [6, 6.07) is 6.97. The van der Waals surface area contributed by atoms with E-state index in [1.165, 1.54) is 0 Å². The normalized spacial score (nSPS) is 11.9. The number of rotatable bonds is 9. The molecule has 0 aromatic heterocycles. The lowest BCUT2D eigenvalue weighted by atomic mass is 10.0. The molecule has 0 saturated heterocycles. The molecule has 0 fully saturated rings. The van der Waals surface area contributed by atoms with Crippen LogP contribution < -0.4 is 0 Å². The van der Waals surface area contributed by atoms with Crippen molar-refractivity contribution in [2.75, 3.05) is 0 Å². The topological polar surface area (TPSA) is 63.6 Å². The zero-order chi connectivity index (χ0) is 15.7. The standard InChI is InChI=1S/C17H24O4/c1-3-6-16(18)21-13(2)7-4-5-8-14-9-11-15(12-10-14)17(19)20/h9-13H,3-8H2,1-2H3,(H,19,20). The Bertz CT molecular complexity index is 450. The quantitative estimate of drug-likeness (QED) is 0.555. The Kier molecular flexibility index (Phi) is 7.51. The lowest BCUT2D eigenvalue weighted by Gasteiger charge is -2.12. The number of benzene rings is 1. The SMILES string of the molecule is CCCC(=O)OC(C)CCCCc1ccc(C(=O)O)cc1. The van der Waals surface area contributed by atoms with E-state index in [9.17, 15) is 9.59 Å². The van der Waals surface area contributed by atoms with Gasteiger partial charge in [0.25, 0.3) is 0 Å². The number of carbonyl (C=O) groups excluding carboxylic acids is 1. The monoisotopic (exact) mass is 292 g/mol. The first-order valence-electron chi connectivity index (χ1n) is 7.54. The van der Waals surface area contributed by atoms with E-state index < -0.39 is 5.97 Å². The Hall–Kier alpha value is -1.84. The van der Waals surface area contributed by atoms with Gasteiger partial charge >= 0.3 is 11.9 Å². The van der Waals surface area contributed by atoms with E-state index in [1.807, 2.05) is 26.0 Å². The van der Waals surface area contributed by atoms with Gasteiger partial charge in [-0.05, 0) is 56.7 Å². The van der Waals surface area contributed by atoms with Crippen LogP contribution in [-0.2, 0) is 16.0 Å². The number of unbranched alkanes of at least 4 members (excludes halogenated alkanes) is 1. The molecular formula is C17H24O4. The van der Waals surface area contributed by atoms with Crippen LogP contribution in [0.25, 0.3) is 0 Å². The van der Waals surface area contributed by atoms with Crippen molar-refractivity contribution in [3.8, 4) is 0 Å². The molecule has 4 heteroatoms. The molecule has 116 valence electrons. The maximum Gasteiger partial charge on any atom is 0.335 e. The van der Waals surface area contributed by atoms with E-state index in [2.05, 4.69) is 0 Å². The van der Waals surface area contributed by atoms with Crippen molar-refractivity contribution < 1.29 is 19.4 Å². The van der Waals surface area contributed by atoms with Crippen LogP contribution in [0.15, 0.2) is 24.3 Å². The van der Waals surface area contributed by atoms with Gasteiger partial charge in [-0.2, -0.15) is 0 Å². The summed E-state index contributed by atoms with van der Waals surface area (Å²) in [6.07, 6.45) is 5.04. The number of carboxylic acids is 1. The molecule has 0 aliphatic heterocycles. The summed E-state index contributed by atoms with van der Waals surface area (Å²) < 4.78 is 5.28. The van der Waals surface area contributed by atoms with Gasteiger partial charge in [-0.3, -0.25) is 4.79 Å². The van der Waals surface area contributed by atoms with Crippen molar-refractivity contribution in [3.63, 3.8) is 0 Å². The molecule has 0 aliphatic carbocycles. The van der Waals surface area contributed by atoms with E-state index >= 15 is 0 Å². The van der Waals surface area contributed by atoms with Crippen LogP contribution in [-0.4, -0.2) is 23.1 Å². The Morgan fingerprint density at radius 1 is 1.19 bits per heavy atom. The third kappa shape index (κ3) is 6.93. The molecule has 0 saturated carbocycles. The van der Waals surface area contributed by atoms with Crippen LogP contribution in [0.5, 0.6) is 0 Å². The van der Waals surface area contributed by atoms with Gasteiger partial charge < -0.3 is 9.84 Å². The van der Waals surface area contributed by atoms with Gasteiger partial charge in [-0.25, -0.2) is 4.79 Å². The molecule has 21 heavy (non-hydrogen) atoms. The molecule has 0 aliphatic rings. The first-order valence-corrected chi connectivity index (χ1v) is 7.54. The first-order chi connectivity index (χ1) is 10.0. The Morgan fingerprint density at radius 2 is 1.86 bits per heavy atom. The summed E-state index contributed by atoms with van der Waals surface area (Å²) in [6.45, 7) is 3.89. The number of hydrogen-bond acceptors (Lipinski definition) is 3. The number of hydrogen-bond donors (Lipinski definition) is 1. The van der Waals surface area contributed by atoms with E-state index in [1.54, 1.807) is 12.1 Å². The number of carbonyl (C=O) groups is 2. The molecule has 1 N–H and O–H groups in total. The molecule has 0 bridgehead atoms. The highest BCUT2D eigenvalue weighted by molar-refractivity contribution is 5.87. The Labute approximate surface area is 126 Å². The van der Waals surface area contributed by atoms with Crippen molar-refractivity contribution in [1.29, 1.82) is 0 Å². The fourth-order valence-electron chi connectivity index (χ4n) is 2.12. The highest BCUT2D eigenvalue weighted by Gasteiger charge is 2.08. The largest absolute Gasteiger partial charge is 0.478 e. The molecule has 0 radical (unpaired) electrons. The average Bonchev–Trinajstić information content (AvgIpc) is 2.44. The van der Waals surface area contributed by atoms with Gasteiger partial charge in [0.05, 0.1) is 11.7 Å². The van der Waals surface area contributed by atoms with Crippen LogP contribution in [0.1, 0.15) is 61.9 Å². The minimum absolute atomic E-state index is 0.0292. The zero-order valence-corrected chi connectivity index (χ0v) is 12.8. The van der Waals surface area contributed by atoms with Crippen LogP contribution in [0.3, 0.4) is 0 Å². The van der Waals surface area contributed by atoms with Crippen molar-refractivity contribution in [2.24, 2.45) is 0 Å². The summed E-state index contributed by atoms with van der Waals surface area (Å²) in [7, 11) is 0. The third-order valence-corrected chi connectivity index (χ3v) is 3.31. The summed E-state index contributed by atoms with van der Waals surface area (Å²) in [5.41, 5.74) is 1.45. The first kappa shape index (κ1) is 17.2. The number of aryl methyl sites for hydroxylation is 1. The molecule has 1 rings (SSSR count). The van der Waals surface area contributed by atoms with Crippen molar-refractivity contribution in [2.45, 2.75) is 58.5 Å². The molecule has 4 nitrogen and oxygen atoms in total. The predicted octanol–water partition coefficient (Wildman–Crippen LogP) is 3.83. The molecule has 1 aromatic rings. The van der Waals surface area contributed by atoms with E-state index in [4.69, 9.17) is 9.84 Å². The summed E-state index contributed by atoms with van der Waals surface area (Å²) in [5, 5.41) is 8.82. The van der Waals surface area contributed by atoms with Crippen molar-refractivity contribution in [1.82, 2.24) is 0 Å². The minimum atomic E-state index is -0.899. The Balaban J connectivity index is 2.21. The average molecular weight is 292 g/mol. The van der Waals surface area contributed by atoms with Gasteiger partial charge in [-0.15, -0.1) is 0 Å². The fraction of sp³-hybridized carbons (Fsp3) is 0.529. The van der Waals surface area contributed by atoms with Crippen LogP contribution in [0.4, 0.5) is 0 Å². The van der Waals surface area contributed by atoms with Crippen LogP contribution >= 0.6 is 0 Å². The van der Waals surface area contributed by atoms with Crippen molar-refractivity contribution in [3.05, 3.63) is 35.4 Å². The second-order valence-corrected chi connectivity index (χ2v) is 5.30. The summed E-state index contributed by atoms with van der Waals surface area (Å²) in [4.78, 5) is 22.1. The van der Waals surface area contributed by atoms with Crippen LogP contribution in [0, 0.1) is 0 Å². The van der Waals surface area contributed by atoms with Gasteiger partial charge in [0.15, 0.2) is 0 Å². The summed E-state index contributed by atoms with van der Waals surface area (Å²) >= 11 is 0. The highest BCUT2D eigenvalue weighted by atomic mass is 16.5. The lowest BCUT2D eigenvalue weighted by Crippen LogP contribution is -2.14.